The van der Waals surface area contributed by atoms with E-state index in [4.69, 9.17) is 4.74 Å². The number of alkyl halides is 3. The summed E-state index contributed by atoms with van der Waals surface area (Å²) in [6, 6.07) is 8.38. The number of carbonyl (C=O) groups excluding carboxylic acids is 3. The Morgan fingerprint density at radius 1 is 1.05 bits per heavy atom. The summed E-state index contributed by atoms with van der Waals surface area (Å²) in [4.78, 5) is 40.5. The van der Waals surface area contributed by atoms with Crippen molar-refractivity contribution >= 4 is 35.7 Å². The summed E-state index contributed by atoms with van der Waals surface area (Å²) in [5, 5.41) is 7.93. The van der Waals surface area contributed by atoms with Crippen molar-refractivity contribution in [3.63, 3.8) is 0 Å². The molecule has 1 atom stereocenters. The zero-order chi connectivity index (χ0) is 30.6. The van der Waals surface area contributed by atoms with E-state index in [1.165, 1.54) is 13.0 Å². The number of nitrogens with one attached hydrogen (secondary N) is 2. The van der Waals surface area contributed by atoms with Crippen molar-refractivity contribution in [1.82, 2.24) is 5.32 Å². The fourth-order valence-corrected chi connectivity index (χ4v) is 3.89. The van der Waals surface area contributed by atoms with Gasteiger partial charge in [0.15, 0.2) is 0 Å². The molecule has 0 aromatic heterocycles. The first kappa shape index (κ1) is 29.9. The highest BCUT2D eigenvalue weighted by Gasteiger charge is 2.33. The van der Waals surface area contributed by atoms with E-state index in [9.17, 15) is 40.7 Å². The molecule has 0 radical (unpaired) electrons. The molecule has 1 fully saturated rings. The minimum absolute atomic E-state index is 0.0137. The van der Waals surface area contributed by atoms with Gasteiger partial charge in [0, 0.05) is 18.2 Å². The van der Waals surface area contributed by atoms with Crippen molar-refractivity contribution in [1.29, 1.82) is 0 Å². The molecule has 2 N–H and O–H groups in total. The van der Waals surface area contributed by atoms with E-state index < -0.39 is 53.0 Å². The lowest BCUT2D eigenvalue weighted by Crippen LogP contribution is -2.33. The van der Waals surface area contributed by atoms with Crippen molar-refractivity contribution < 1.29 is 50.3 Å². The zero-order valence-electron chi connectivity index (χ0n) is 21.5. The van der Waals surface area contributed by atoms with Gasteiger partial charge in [0.1, 0.15) is 23.6 Å². The van der Waals surface area contributed by atoms with Gasteiger partial charge in [0.2, 0.25) is 5.91 Å². The Morgan fingerprint density at radius 2 is 1.71 bits per heavy atom. The van der Waals surface area contributed by atoms with Gasteiger partial charge >= 0.3 is 18.4 Å². The molecule has 42 heavy (non-hydrogen) atoms. The lowest BCUT2D eigenvalue weighted by atomic mass is 10.0. The predicted octanol–water partition coefficient (Wildman–Crippen LogP) is 5.83. The minimum atomic E-state index is -4.55. The quantitative estimate of drug-likeness (QED) is 0.155. The third-order valence-electron chi connectivity index (χ3n) is 5.87. The summed E-state index contributed by atoms with van der Waals surface area (Å²) in [6.45, 7) is 1.23. The molecule has 3 aromatic rings. The van der Waals surface area contributed by atoms with Crippen LogP contribution in [-0.2, 0) is 20.5 Å². The molecule has 4 rings (SSSR count). The zero-order valence-corrected chi connectivity index (χ0v) is 21.5. The second-order valence-electron chi connectivity index (χ2n) is 8.89. The Balaban J connectivity index is 1.40. The summed E-state index contributed by atoms with van der Waals surface area (Å²) < 4.78 is 87.5. The molecule has 3 aromatic carbocycles. The normalized spacial score (nSPS) is 15.1. The molecule has 0 bridgehead atoms. The van der Waals surface area contributed by atoms with Gasteiger partial charge in [-0.15, -0.1) is 0 Å². The van der Waals surface area contributed by atoms with Gasteiger partial charge in [-0.2, -0.15) is 13.2 Å². The predicted molar refractivity (Wildman–Crippen MR) is 137 cm³/mol. The molecule has 0 saturated carbocycles. The van der Waals surface area contributed by atoms with Crippen LogP contribution in [0.3, 0.4) is 0 Å². The molecular formula is C27H20F6N4O5. The number of anilines is 2. The minimum Gasteiger partial charge on any atom is -0.442 e. The standard InChI is InChI=1S/C27H20F6N4O5/c1-14(38)34-12-20-13-37(26(40)41-20)19-9-22(29)24(23(30)10-19)15-2-3-16(21(28)8-15)11-35-42-25(39)36-18-6-4-17(5-7-18)27(31,32)33/h2-11,20H,12-13H2,1H3,(H,34,38)(H,36,39)/t20-/m0/s1. The average Bonchev–Trinajstić information content (AvgIpc) is 3.28. The van der Waals surface area contributed by atoms with Crippen LogP contribution in [0.15, 0.2) is 59.8 Å². The van der Waals surface area contributed by atoms with Crippen molar-refractivity contribution in [3.8, 4) is 11.1 Å². The smallest absolute Gasteiger partial charge is 0.437 e. The van der Waals surface area contributed by atoms with Gasteiger partial charge in [0.25, 0.3) is 0 Å². The van der Waals surface area contributed by atoms with Crippen LogP contribution in [0.1, 0.15) is 18.1 Å². The topological polar surface area (TPSA) is 109 Å². The highest BCUT2D eigenvalue weighted by molar-refractivity contribution is 5.90. The van der Waals surface area contributed by atoms with Crippen LogP contribution < -0.4 is 15.5 Å². The molecule has 0 spiro atoms. The van der Waals surface area contributed by atoms with Gasteiger partial charge in [-0.3, -0.25) is 19.8 Å². The maximum absolute atomic E-state index is 15.0. The van der Waals surface area contributed by atoms with Crippen LogP contribution in [0.2, 0.25) is 0 Å². The van der Waals surface area contributed by atoms with E-state index in [0.29, 0.717) is 0 Å². The molecule has 9 nitrogen and oxygen atoms in total. The Bertz CT molecular complexity index is 1520. The third-order valence-corrected chi connectivity index (χ3v) is 5.87. The molecule has 0 unspecified atom stereocenters. The number of amides is 3. The highest BCUT2D eigenvalue weighted by Crippen LogP contribution is 2.33. The van der Waals surface area contributed by atoms with Gasteiger partial charge in [-0.1, -0.05) is 11.2 Å². The molecule has 1 aliphatic rings. The van der Waals surface area contributed by atoms with E-state index >= 15 is 0 Å². The summed E-state index contributed by atoms with van der Waals surface area (Å²) in [5.41, 5.74) is -2.04. The molecule has 1 saturated heterocycles. The van der Waals surface area contributed by atoms with Crippen molar-refractivity contribution in [3.05, 3.63) is 83.2 Å². The number of carbonyl (C=O) groups is 3. The second-order valence-corrected chi connectivity index (χ2v) is 8.89. The molecule has 3 amide bonds. The SMILES string of the molecule is CC(=O)NC[C@H]1CN(c2cc(F)c(-c3ccc(C=NOC(=O)Nc4ccc(C(F)(F)F)cc4)c(F)c3)c(F)c2)C(=O)O1. The van der Waals surface area contributed by atoms with E-state index in [1.807, 2.05) is 0 Å². The number of benzene rings is 3. The fraction of sp³-hybridized carbons (Fsp3) is 0.185. The number of rotatable bonds is 7. The molecule has 15 heteroatoms. The maximum Gasteiger partial charge on any atom is 0.437 e. The van der Waals surface area contributed by atoms with E-state index in [2.05, 4.69) is 20.6 Å². The molecule has 220 valence electrons. The second kappa shape index (κ2) is 12.2. The van der Waals surface area contributed by atoms with Crippen molar-refractivity contribution in [2.45, 2.75) is 19.2 Å². The van der Waals surface area contributed by atoms with Gasteiger partial charge in [0.05, 0.1) is 36.1 Å². The molecule has 1 aliphatic heterocycles. The number of hydrogen-bond donors (Lipinski definition) is 2. The first-order chi connectivity index (χ1) is 19.8. The van der Waals surface area contributed by atoms with Gasteiger partial charge in [-0.05, 0) is 54.1 Å². The van der Waals surface area contributed by atoms with Gasteiger partial charge in [-0.25, -0.2) is 22.8 Å². The number of ether oxygens (including phenoxy) is 1. The summed E-state index contributed by atoms with van der Waals surface area (Å²) in [6.07, 6.45) is -6.50. The van der Waals surface area contributed by atoms with Crippen LogP contribution >= 0.6 is 0 Å². The van der Waals surface area contributed by atoms with Crippen LogP contribution in [0.4, 0.5) is 47.3 Å². The van der Waals surface area contributed by atoms with Crippen LogP contribution in [0, 0.1) is 17.5 Å². The lowest BCUT2D eigenvalue weighted by molar-refractivity contribution is -0.137. The third kappa shape index (κ3) is 7.16. The van der Waals surface area contributed by atoms with Crippen LogP contribution in [0.25, 0.3) is 11.1 Å². The number of nitrogens with zero attached hydrogens (tertiary/aromatic N) is 2. The van der Waals surface area contributed by atoms with Crippen molar-refractivity contribution in [2.24, 2.45) is 5.16 Å². The molecule has 1 heterocycles. The summed E-state index contributed by atoms with van der Waals surface area (Å²) in [5.74, 6) is -3.50. The largest absolute Gasteiger partial charge is 0.442 e. The first-order valence-corrected chi connectivity index (χ1v) is 12.0. The van der Waals surface area contributed by atoms with Crippen LogP contribution in [0.5, 0.6) is 0 Å². The first-order valence-electron chi connectivity index (χ1n) is 12.0. The summed E-state index contributed by atoms with van der Waals surface area (Å²) >= 11 is 0. The number of cyclic esters (lactones) is 1. The molecule has 0 aliphatic carbocycles. The Morgan fingerprint density at radius 3 is 2.31 bits per heavy atom. The monoisotopic (exact) mass is 594 g/mol. The van der Waals surface area contributed by atoms with Gasteiger partial charge < -0.3 is 10.1 Å². The lowest BCUT2D eigenvalue weighted by Gasteiger charge is -2.15. The number of hydrogen-bond acceptors (Lipinski definition) is 6. The van der Waals surface area contributed by atoms with Crippen molar-refractivity contribution in [2.75, 3.05) is 23.3 Å². The Hall–Kier alpha value is -5.08. The number of halogens is 6. The molecular weight excluding hydrogens is 574 g/mol. The van der Waals surface area contributed by atoms with E-state index in [0.717, 1.165) is 59.6 Å². The highest BCUT2D eigenvalue weighted by atomic mass is 19.4. The summed E-state index contributed by atoms with van der Waals surface area (Å²) in [7, 11) is 0. The Labute approximate surface area is 233 Å². The Kier molecular flexibility index (Phi) is 8.68. The van der Waals surface area contributed by atoms with E-state index in [1.54, 1.807) is 0 Å². The maximum atomic E-state index is 15.0. The van der Waals surface area contributed by atoms with E-state index in [-0.39, 0.29) is 41.5 Å². The van der Waals surface area contributed by atoms with Crippen LogP contribution in [-0.4, -0.2) is 43.5 Å². The number of oxime groups is 1. The average molecular weight is 594 g/mol. The fourth-order valence-electron chi connectivity index (χ4n) is 3.89.